The SMILES string of the molecule is C=CCSc1cc(/C=C(\C)C2NNC(=O)CC2C)ccc1OC. The molecule has 1 saturated heterocycles. The van der Waals surface area contributed by atoms with Crippen molar-refractivity contribution in [3.05, 3.63) is 42.0 Å². The van der Waals surface area contributed by atoms with Crippen molar-refractivity contribution in [3.63, 3.8) is 0 Å². The first-order chi connectivity index (χ1) is 11.0. The molecule has 1 amide bonds. The van der Waals surface area contributed by atoms with Gasteiger partial charge < -0.3 is 4.74 Å². The first-order valence-electron chi connectivity index (χ1n) is 7.69. The normalized spacial score (nSPS) is 21.7. The summed E-state index contributed by atoms with van der Waals surface area (Å²) in [4.78, 5) is 12.5. The van der Waals surface area contributed by atoms with Crippen LogP contribution in [0, 0.1) is 5.92 Å². The maximum Gasteiger partial charge on any atom is 0.234 e. The Bertz CT molecular complexity index is 613. The molecule has 2 N–H and O–H groups in total. The second kappa shape index (κ2) is 8.22. The van der Waals surface area contributed by atoms with E-state index in [1.54, 1.807) is 18.9 Å². The van der Waals surface area contributed by atoms with Crippen LogP contribution in [0.25, 0.3) is 6.08 Å². The number of ether oxygens (including phenoxy) is 1. The van der Waals surface area contributed by atoms with E-state index in [9.17, 15) is 4.79 Å². The number of carbonyl (C=O) groups excluding carboxylic acids is 1. The average molecular weight is 332 g/mol. The Kier molecular flexibility index (Phi) is 6.30. The highest BCUT2D eigenvalue weighted by Crippen LogP contribution is 2.31. The standard InChI is InChI=1S/C18H24N2O2S/c1-5-8-23-16-11-14(6-7-15(16)22-4)9-12(2)18-13(3)10-17(21)19-20-18/h5-7,9,11,13,18,20H,1,8,10H2,2-4H3,(H,19,21)/b12-9+. The average Bonchev–Trinajstić information content (AvgIpc) is 2.52. The van der Waals surface area contributed by atoms with Gasteiger partial charge in [0.2, 0.25) is 5.91 Å². The maximum absolute atomic E-state index is 11.4. The summed E-state index contributed by atoms with van der Waals surface area (Å²) in [5.74, 6) is 2.04. The minimum Gasteiger partial charge on any atom is -0.496 e. The van der Waals surface area contributed by atoms with Gasteiger partial charge in [0.1, 0.15) is 5.75 Å². The summed E-state index contributed by atoms with van der Waals surface area (Å²) >= 11 is 1.70. The van der Waals surface area contributed by atoms with E-state index >= 15 is 0 Å². The molecule has 0 saturated carbocycles. The summed E-state index contributed by atoms with van der Waals surface area (Å²) in [7, 11) is 1.68. The quantitative estimate of drug-likeness (QED) is 0.619. The number of amides is 1. The van der Waals surface area contributed by atoms with E-state index in [0.717, 1.165) is 22.0 Å². The molecule has 2 atom stereocenters. The fourth-order valence-corrected chi connectivity index (χ4v) is 3.53. The lowest BCUT2D eigenvalue weighted by Crippen LogP contribution is -2.53. The lowest BCUT2D eigenvalue weighted by atomic mass is 9.90. The summed E-state index contributed by atoms with van der Waals surface area (Å²) in [5, 5.41) is 0. The summed E-state index contributed by atoms with van der Waals surface area (Å²) in [6, 6.07) is 6.32. The van der Waals surface area contributed by atoms with Gasteiger partial charge in [-0.3, -0.25) is 10.2 Å². The molecular weight excluding hydrogens is 308 g/mol. The molecule has 2 rings (SSSR count). The fourth-order valence-electron chi connectivity index (χ4n) is 2.72. The van der Waals surface area contributed by atoms with Crippen molar-refractivity contribution in [2.24, 2.45) is 5.92 Å². The molecule has 1 aromatic rings. The van der Waals surface area contributed by atoms with Gasteiger partial charge in [-0.05, 0) is 30.5 Å². The van der Waals surface area contributed by atoms with Crippen LogP contribution in [-0.4, -0.2) is 24.8 Å². The lowest BCUT2D eigenvalue weighted by Gasteiger charge is -2.30. The number of carbonyl (C=O) groups is 1. The van der Waals surface area contributed by atoms with Crippen LogP contribution in [-0.2, 0) is 4.79 Å². The molecule has 0 radical (unpaired) electrons. The van der Waals surface area contributed by atoms with Crippen LogP contribution in [0.3, 0.4) is 0 Å². The van der Waals surface area contributed by atoms with Crippen LogP contribution >= 0.6 is 11.8 Å². The summed E-state index contributed by atoms with van der Waals surface area (Å²) in [6.45, 7) is 7.94. The Morgan fingerprint density at radius 2 is 2.30 bits per heavy atom. The van der Waals surface area contributed by atoms with E-state index in [1.165, 1.54) is 5.57 Å². The Labute approximate surface area is 142 Å². The number of benzene rings is 1. The van der Waals surface area contributed by atoms with Gasteiger partial charge in [-0.25, -0.2) is 5.43 Å². The van der Waals surface area contributed by atoms with Gasteiger partial charge in [0.25, 0.3) is 0 Å². The van der Waals surface area contributed by atoms with Crippen molar-refractivity contribution in [1.29, 1.82) is 0 Å². The molecule has 1 aliphatic rings. The number of hydrazine groups is 1. The molecule has 2 unspecified atom stereocenters. The number of hydrogen-bond donors (Lipinski definition) is 2. The van der Waals surface area contributed by atoms with E-state index in [1.807, 2.05) is 18.2 Å². The number of rotatable bonds is 6. The molecule has 0 aliphatic carbocycles. The number of hydrogen-bond acceptors (Lipinski definition) is 4. The molecule has 5 heteroatoms. The van der Waals surface area contributed by atoms with Crippen molar-refractivity contribution < 1.29 is 9.53 Å². The van der Waals surface area contributed by atoms with Crippen LogP contribution < -0.4 is 15.6 Å². The zero-order chi connectivity index (χ0) is 16.8. The summed E-state index contributed by atoms with van der Waals surface area (Å²) < 4.78 is 5.41. The van der Waals surface area contributed by atoms with Crippen LogP contribution in [0.15, 0.2) is 41.3 Å². The third kappa shape index (κ3) is 4.62. The van der Waals surface area contributed by atoms with E-state index < -0.39 is 0 Å². The van der Waals surface area contributed by atoms with Gasteiger partial charge in [-0.1, -0.05) is 30.7 Å². The Balaban J connectivity index is 2.20. The highest BCUT2D eigenvalue weighted by Gasteiger charge is 2.26. The first kappa shape index (κ1) is 17.6. The summed E-state index contributed by atoms with van der Waals surface area (Å²) in [5.41, 5.74) is 8.14. The topological polar surface area (TPSA) is 50.4 Å². The Hall–Kier alpha value is -1.72. The van der Waals surface area contributed by atoms with Gasteiger partial charge in [0, 0.05) is 12.2 Å². The molecule has 1 aliphatic heterocycles. The summed E-state index contributed by atoms with van der Waals surface area (Å²) in [6.07, 6.45) is 4.59. The van der Waals surface area contributed by atoms with Gasteiger partial charge in [-0.2, -0.15) is 0 Å². The molecule has 23 heavy (non-hydrogen) atoms. The second-order valence-corrected chi connectivity index (χ2v) is 6.81. The smallest absolute Gasteiger partial charge is 0.234 e. The van der Waals surface area contributed by atoms with Crippen LogP contribution in [0.2, 0.25) is 0 Å². The predicted molar refractivity (Wildman–Crippen MR) is 96.4 cm³/mol. The molecule has 4 nitrogen and oxygen atoms in total. The molecule has 124 valence electrons. The first-order valence-corrected chi connectivity index (χ1v) is 8.68. The maximum atomic E-state index is 11.4. The van der Waals surface area contributed by atoms with E-state index in [2.05, 4.69) is 43.4 Å². The minimum atomic E-state index is 0.0501. The predicted octanol–water partition coefficient (Wildman–Crippen LogP) is 3.41. The highest BCUT2D eigenvalue weighted by atomic mass is 32.2. The number of nitrogens with one attached hydrogen (secondary N) is 2. The Morgan fingerprint density at radius 1 is 1.52 bits per heavy atom. The van der Waals surface area contributed by atoms with E-state index in [0.29, 0.717) is 6.42 Å². The van der Waals surface area contributed by atoms with Crippen molar-refractivity contribution in [3.8, 4) is 5.75 Å². The van der Waals surface area contributed by atoms with Crippen molar-refractivity contribution >= 4 is 23.7 Å². The zero-order valence-corrected chi connectivity index (χ0v) is 14.7. The number of thioether (sulfide) groups is 1. The molecule has 1 heterocycles. The molecule has 0 aromatic heterocycles. The second-order valence-electron chi connectivity index (χ2n) is 5.75. The fraction of sp³-hybridized carbons (Fsp3) is 0.389. The molecule has 0 spiro atoms. The zero-order valence-electron chi connectivity index (χ0n) is 13.9. The van der Waals surface area contributed by atoms with Crippen molar-refractivity contribution in [2.45, 2.75) is 31.2 Å². The highest BCUT2D eigenvalue weighted by molar-refractivity contribution is 7.99. The van der Waals surface area contributed by atoms with Gasteiger partial charge >= 0.3 is 0 Å². The largest absolute Gasteiger partial charge is 0.496 e. The van der Waals surface area contributed by atoms with E-state index in [4.69, 9.17) is 4.74 Å². The third-order valence-electron chi connectivity index (χ3n) is 3.87. The van der Waals surface area contributed by atoms with Gasteiger partial charge in [0.05, 0.1) is 18.0 Å². The lowest BCUT2D eigenvalue weighted by molar-refractivity contribution is -0.125. The third-order valence-corrected chi connectivity index (χ3v) is 4.91. The molecule has 1 fully saturated rings. The Morgan fingerprint density at radius 3 is 2.96 bits per heavy atom. The monoisotopic (exact) mass is 332 g/mol. The van der Waals surface area contributed by atoms with Crippen LogP contribution in [0.1, 0.15) is 25.8 Å². The van der Waals surface area contributed by atoms with Crippen molar-refractivity contribution in [2.75, 3.05) is 12.9 Å². The van der Waals surface area contributed by atoms with Crippen LogP contribution in [0.4, 0.5) is 0 Å². The van der Waals surface area contributed by atoms with Gasteiger partial charge in [0.15, 0.2) is 0 Å². The van der Waals surface area contributed by atoms with Gasteiger partial charge in [-0.15, -0.1) is 18.3 Å². The van der Waals surface area contributed by atoms with Crippen molar-refractivity contribution in [1.82, 2.24) is 10.9 Å². The molecular formula is C18H24N2O2S. The van der Waals surface area contributed by atoms with E-state index in [-0.39, 0.29) is 17.9 Å². The minimum absolute atomic E-state index is 0.0501. The number of methoxy groups -OCH3 is 1. The molecule has 0 bridgehead atoms. The molecule has 1 aromatic carbocycles. The van der Waals surface area contributed by atoms with Crippen LogP contribution in [0.5, 0.6) is 5.75 Å².